The fourth-order valence-corrected chi connectivity index (χ4v) is 3.20. The zero-order valence-electron chi connectivity index (χ0n) is 11.4. The average molecular weight is 359 g/mol. The third kappa shape index (κ3) is 3.61. The molecule has 1 N–H and O–H groups in total. The van der Waals surface area contributed by atoms with E-state index in [1.165, 1.54) is 0 Å². The standard InChI is InChI=1S/C13H15BrN2O3S/c1-8-4-11(5-9(2)13(8)14)16-20(17,18)7-12-6-10(3)19-15-12/h4-6,16H,7H2,1-3H3. The normalized spacial score (nSPS) is 11.6. The maximum Gasteiger partial charge on any atom is 0.238 e. The minimum Gasteiger partial charge on any atom is -0.361 e. The van der Waals surface area contributed by atoms with E-state index in [0.29, 0.717) is 17.1 Å². The van der Waals surface area contributed by atoms with E-state index in [-0.39, 0.29) is 5.75 Å². The molecule has 0 saturated heterocycles. The minimum absolute atomic E-state index is 0.210. The Bertz CT molecular complexity index is 715. The smallest absolute Gasteiger partial charge is 0.238 e. The molecule has 0 saturated carbocycles. The number of sulfonamides is 1. The highest BCUT2D eigenvalue weighted by atomic mass is 79.9. The van der Waals surface area contributed by atoms with Crippen LogP contribution in [0.15, 0.2) is 27.2 Å². The van der Waals surface area contributed by atoms with Crippen molar-refractivity contribution >= 4 is 31.6 Å². The van der Waals surface area contributed by atoms with Crippen molar-refractivity contribution in [3.63, 3.8) is 0 Å². The number of nitrogens with zero attached hydrogens (tertiary/aromatic N) is 1. The number of halogens is 1. The monoisotopic (exact) mass is 358 g/mol. The molecule has 1 aromatic carbocycles. The van der Waals surface area contributed by atoms with Crippen molar-refractivity contribution in [1.82, 2.24) is 5.16 Å². The van der Waals surface area contributed by atoms with Crippen molar-refractivity contribution in [2.24, 2.45) is 0 Å². The summed E-state index contributed by atoms with van der Waals surface area (Å²) in [7, 11) is -3.51. The van der Waals surface area contributed by atoms with Gasteiger partial charge in [0.15, 0.2) is 0 Å². The molecule has 2 rings (SSSR count). The fraction of sp³-hybridized carbons (Fsp3) is 0.308. The summed E-state index contributed by atoms with van der Waals surface area (Å²) >= 11 is 3.45. The van der Waals surface area contributed by atoms with Gasteiger partial charge in [-0.25, -0.2) is 8.42 Å². The highest BCUT2D eigenvalue weighted by Crippen LogP contribution is 2.25. The van der Waals surface area contributed by atoms with Gasteiger partial charge in [-0.15, -0.1) is 0 Å². The first-order valence-corrected chi connectivity index (χ1v) is 8.41. The van der Waals surface area contributed by atoms with Gasteiger partial charge in [-0.2, -0.15) is 0 Å². The highest BCUT2D eigenvalue weighted by Gasteiger charge is 2.15. The summed E-state index contributed by atoms with van der Waals surface area (Å²) in [5, 5.41) is 3.69. The molecule has 20 heavy (non-hydrogen) atoms. The van der Waals surface area contributed by atoms with Crippen LogP contribution in [0.3, 0.4) is 0 Å². The molecule has 0 spiro atoms. The van der Waals surface area contributed by atoms with Crippen LogP contribution in [0.4, 0.5) is 5.69 Å². The zero-order chi connectivity index (χ0) is 14.9. The van der Waals surface area contributed by atoms with E-state index >= 15 is 0 Å². The molecule has 1 aromatic heterocycles. The Morgan fingerprint density at radius 3 is 2.30 bits per heavy atom. The van der Waals surface area contributed by atoms with Crippen molar-refractivity contribution in [3.8, 4) is 0 Å². The number of hydrogen-bond acceptors (Lipinski definition) is 4. The molecule has 0 aliphatic heterocycles. The lowest BCUT2D eigenvalue weighted by molar-refractivity contribution is 0.392. The minimum atomic E-state index is -3.51. The summed E-state index contributed by atoms with van der Waals surface area (Å²) in [6.45, 7) is 5.55. The number of aryl methyl sites for hydroxylation is 3. The van der Waals surface area contributed by atoms with E-state index < -0.39 is 10.0 Å². The predicted molar refractivity (Wildman–Crippen MR) is 81.1 cm³/mol. The van der Waals surface area contributed by atoms with Crippen LogP contribution in [0.2, 0.25) is 0 Å². The second-order valence-corrected chi connectivity index (χ2v) is 7.23. The molecule has 0 aliphatic rings. The molecule has 0 bridgehead atoms. The summed E-state index contributed by atoms with van der Waals surface area (Å²) in [6, 6.07) is 5.17. The van der Waals surface area contributed by atoms with Crippen LogP contribution in [0.25, 0.3) is 0 Å². The third-order valence-electron chi connectivity index (χ3n) is 2.72. The molecule has 0 amide bonds. The summed E-state index contributed by atoms with van der Waals surface area (Å²) in [5.41, 5.74) is 2.88. The molecule has 0 fully saturated rings. The Morgan fingerprint density at radius 1 is 1.20 bits per heavy atom. The number of nitrogens with one attached hydrogen (secondary N) is 1. The van der Waals surface area contributed by atoms with Crippen LogP contribution in [0, 0.1) is 20.8 Å². The van der Waals surface area contributed by atoms with E-state index in [1.807, 2.05) is 13.8 Å². The van der Waals surface area contributed by atoms with Crippen LogP contribution in [0.1, 0.15) is 22.6 Å². The van der Waals surface area contributed by atoms with E-state index in [1.54, 1.807) is 25.1 Å². The van der Waals surface area contributed by atoms with Crippen molar-refractivity contribution < 1.29 is 12.9 Å². The van der Waals surface area contributed by atoms with E-state index in [9.17, 15) is 8.42 Å². The summed E-state index contributed by atoms with van der Waals surface area (Å²) in [4.78, 5) is 0. The Balaban J connectivity index is 2.20. The Kier molecular flexibility index (Phi) is 4.19. The lowest BCUT2D eigenvalue weighted by Gasteiger charge is -2.10. The highest BCUT2D eigenvalue weighted by molar-refractivity contribution is 9.10. The van der Waals surface area contributed by atoms with Crippen LogP contribution in [-0.4, -0.2) is 13.6 Å². The quantitative estimate of drug-likeness (QED) is 0.909. The van der Waals surface area contributed by atoms with Gasteiger partial charge in [-0.3, -0.25) is 4.72 Å². The molecule has 108 valence electrons. The second kappa shape index (κ2) is 5.57. The van der Waals surface area contributed by atoms with Crippen LogP contribution in [0.5, 0.6) is 0 Å². The third-order valence-corrected chi connectivity index (χ3v) is 5.20. The average Bonchev–Trinajstić information content (AvgIpc) is 2.70. The molecular weight excluding hydrogens is 344 g/mol. The number of aromatic nitrogens is 1. The maximum absolute atomic E-state index is 12.1. The Morgan fingerprint density at radius 2 is 1.80 bits per heavy atom. The van der Waals surface area contributed by atoms with Gasteiger partial charge in [0, 0.05) is 16.2 Å². The van der Waals surface area contributed by atoms with Crippen LogP contribution >= 0.6 is 15.9 Å². The number of hydrogen-bond donors (Lipinski definition) is 1. The lowest BCUT2D eigenvalue weighted by atomic mass is 10.1. The fourth-order valence-electron chi connectivity index (χ4n) is 1.90. The first kappa shape index (κ1) is 15.1. The van der Waals surface area contributed by atoms with E-state index in [2.05, 4.69) is 25.8 Å². The van der Waals surface area contributed by atoms with Gasteiger partial charge in [0.05, 0.1) is 0 Å². The van der Waals surface area contributed by atoms with Gasteiger partial charge in [0.25, 0.3) is 0 Å². The Labute approximate surface area is 126 Å². The molecule has 0 radical (unpaired) electrons. The van der Waals surface area contributed by atoms with Crippen molar-refractivity contribution in [2.75, 3.05) is 4.72 Å². The summed E-state index contributed by atoms with van der Waals surface area (Å²) in [5.74, 6) is 0.379. The molecule has 1 heterocycles. The zero-order valence-corrected chi connectivity index (χ0v) is 13.8. The van der Waals surface area contributed by atoms with E-state index in [0.717, 1.165) is 15.6 Å². The SMILES string of the molecule is Cc1cc(CS(=O)(=O)Nc2cc(C)c(Br)c(C)c2)no1. The Hall–Kier alpha value is -1.34. The van der Waals surface area contributed by atoms with Crippen molar-refractivity contribution in [3.05, 3.63) is 45.3 Å². The van der Waals surface area contributed by atoms with Crippen LogP contribution < -0.4 is 4.72 Å². The number of rotatable bonds is 4. The second-order valence-electron chi connectivity index (χ2n) is 4.71. The molecule has 0 unspecified atom stereocenters. The molecular formula is C13H15BrN2O3S. The first-order chi connectivity index (χ1) is 9.27. The van der Waals surface area contributed by atoms with Crippen molar-refractivity contribution in [1.29, 1.82) is 0 Å². The maximum atomic E-state index is 12.1. The topological polar surface area (TPSA) is 72.2 Å². The van der Waals surface area contributed by atoms with Crippen LogP contribution in [-0.2, 0) is 15.8 Å². The first-order valence-electron chi connectivity index (χ1n) is 5.96. The van der Waals surface area contributed by atoms with Gasteiger partial charge in [0.1, 0.15) is 17.2 Å². The number of anilines is 1. The lowest BCUT2D eigenvalue weighted by Crippen LogP contribution is -2.15. The number of benzene rings is 1. The largest absolute Gasteiger partial charge is 0.361 e. The van der Waals surface area contributed by atoms with E-state index in [4.69, 9.17) is 4.52 Å². The summed E-state index contributed by atoms with van der Waals surface area (Å²) < 4.78 is 32.6. The molecule has 2 aromatic rings. The summed E-state index contributed by atoms with van der Waals surface area (Å²) in [6.07, 6.45) is 0. The van der Waals surface area contributed by atoms with Gasteiger partial charge in [-0.1, -0.05) is 21.1 Å². The molecule has 7 heteroatoms. The molecule has 0 atom stereocenters. The predicted octanol–water partition coefficient (Wildman–Crippen LogP) is 3.30. The van der Waals surface area contributed by atoms with Gasteiger partial charge in [-0.05, 0) is 44.0 Å². The molecule has 5 nitrogen and oxygen atoms in total. The van der Waals surface area contributed by atoms with Crippen molar-refractivity contribution in [2.45, 2.75) is 26.5 Å². The molecule has 0 aliphatic carbocycles. The van der Waals surface area contributed by atoms with Gasteiger partial charge < -0.3 is 4.52 Å². The van der Waals surface area contributed by atoms with Gasteiger partial charge in [0.2, 0.25) is 10.0 Å². The van der Waals surface area contributed by atoms with Gasteiger partial charge >= 0.3 is 0 Å².